The van der Waals surface area contributed by atoms with E-state index in [1.807, 2.05) is 0 Å². The first kappa shape index (κ1) is 25.4. The number of benzene rings is 2. The number of ketones is 1. The second-order valence-corrected chi connectivity index (χ2v) is 7.94. The normalized spacial score (nSPS) is 13.2. The minimum atomic E-state index is -0.885. The number of methoxy groups -OCH3 is 2. The summed E-state index contributed by atoms with van der Waals surface area (Å²) in [5.74, 6) is -0.824. The fourth-order valence-corrected chi connectivity index (χ4v) is 3.73. The van der Waals surface area contributed by atoms with Crippen LogP contribution in [0, 0.1) is 5.92 Å². The van der Waals surface area contributed by atoms with Crippen molar-refractivity contribution in [3.05, 3.63) is 59.7 Å². The molecule has 0 radical (unpaired) electrons. The van der Waals surface area contributed by atoms with E-state index in [0.717, 1.165) is 46.3 Å². The highest BCUT2D eigenvalue weighted by Crippen LogP contribution is 2.30. The Morgan fingerprint density at radius 3 is 2.06 bits per heavy atom. The van der Waals surface area contributed by atoms with E-state index in [-0.39, 0.29) is 29.3 Å². The van der Waals surface area contributed by atoms with Crippen LogP contribution in [0.3, 0.4) is 0 Å². The average Bonchev–Trinajstić information content (AvgIpc) is 2.89. The summed E-state index contributed by atoms with van der Waals surface area (Å²) in [5.41, 5.74) is 1.25. The highest BCUT2D eigenvalue weighted by molar-refractivity contribution is 6.10. The molecule has 0 atom stereocenters. The summed E-state index contributed by atoms with van der Waals surface area (Å²) in [6, 6.07) is 13.3. The minimum Gasteiger partial charge on any atom is -0.453 e. The molecular weight excluding hydrogens is 452 g/mol. The van der Waals surface area contributed by atoms with E-state index in [0.29, 0.717) is 16.8 Å². The number of carbonyl (C=O) groups excluding carboxylic acids is 4. The van der Waals surface area contributed by atoms with Crippen LogP contribution in [-0.4, -0.2) is 44.1 Å². The number of anilines is 1. The number of nitrogens with zero attached hydrogens (tertiary/aromatic N) is 1. The fraction of sp³-hybridized carbons (Fsp3) is 0.320. The molecule has 0 aromatic heterocycles. The van der Waals surface area contributed by atoms with E-state index in [2.05, 4.69) is 30.4 Å². The van der Waals surface area contributed by atoms with Crippen LogP contribution in [0.2, 0.25) is 0 Å². The van der Waals surface area contributed by atoms with Crippen molar-refractivity contribution in [2.45, 2.75) is 32.1 Å². The zero-order chi connectivity index (χ0) is 25.2. The van der Waals surface area contributed by atoms with Gasteiger partial charge in [0.1, 0.15) is 0 Å². The van der Waals surface area contributed by atoms with Gasteiger partial charge < -0.3 is 14.8 Å². The van der Waals surface area contributed by atoms with Crippen LogP contribution in [0.4, 0.5) is 21.0 Å². The smallest absolute Gasteiger partial charge is 0.413 e. The monoisotopic (exact) mass is 480 g/mol. The Balaban J connectivity index is 2.00. The molecule has 3 amide bonds. The third-order valence-electron chi connectivity index (χ3n) is 5.57. The highest BCUT2D eigenvalue weighted by Gasteiger charge is 2.23. The highest BCUT2D eigenvalue weighted by atomic mass is 16.5. The first-order valence-electron chi connectivity index (χ1n) is 11.2. The predicted octanol–water partition coefficient (Wildman–Crippen LogP) is 4.14. The Kier molecular flexibility index (Phi) is 8.94. The second kappa shape index (κ2) is 12.3. The lowest BCUT2D eigenvalue weighted by atomic mass is 9.88. The van der Waals surface area contributed by atoms with Gasteiger partial charge in [0.15, 0.2) is 5.78 Å². The third kappa shape index (κ3) is 7.13. The van der Waals surface area contributed by atoms with E-state index >= 15 is 0 Å². The van der Waals surface area contributed by atoms with E-state index < -0.39 is 12.2 Å². The zero-order valence-corrected chi connectivity index (χ0v) is 19.6. The Bertz CT molecular complexity index is 1090. The second-order valence-electron chi connectivity index (χ2n) is 7.94. The van der Waals surface area contributed by atoms with Gasteiger partial charge >= 0.3 is 12.2 Å². The maximum absolute atomic E-state index is 13.0. The van der Waals surface area contributed by atoms with E-state index in [1.54, 1.807) is 42.5 Å². The Hall–Kier alpha value is -4.21. The van der Waals surface area contributed by atoms with Gasteiger partial charge in [-0.15, -0.1) is 0 Å². The molecule has 0 spiro atoms. The van der Waals surface area contributed by atoms with Crippen molar-refractivity contribution >= 4 is 41.2 Å². The maximum atomic E-state index is 13.0. The molecular formula is C25H28N4O6. The number of rotatable bonds is 5. The number of guanidine groups is 1. The molecule has 35 heavy (non-hydrogen) atoms. The summed E-state index contributed by atoms with van der Waals surface area (Å²) in [6.07, 6.45) is 2.92. The van der Waals surface area contributed by atoms with Crippen molar-refractivity contribution in [1.82, 2.24) is 10.6 Å². The summed E-state index contributed by atoms with van der Waals surface area (Å²) < 4.78 is 9.16. The van der Waals surface area contributed by atoms with Gasteiger partial charge in [-0.1, -0.05) is 49.6 Å². The number of hydrogen-bond donors (Lipinski definition) is 3. The molecule has 1 fully saturated rings. The minimum absolute atomic E-state index is 0.118. The molecule has 10 heteroatoms. The number of amides is 3. The molecule has 0 bridgehead atoms. The van der Waals surface area contributed by atoms with Crippen molar-refractivity contribution in [1.29, 1.82) is 0 Å². The van der Waals surface area contributed by atoms with E-state index in [4.69, 9.17) is 0 Å². The molecule has 1 saturated carbocycles. The molecule has 2 aromatic carbocycles. The molecule has 1 aliphatic carbocycles. The summed E-state index contributed by atoms with van der Waals surface area (Å²) >= 11 is 0. The van der Waals surface area contributed by atoms with Gasteiger partial charge in [0, 0.05) is 17.0 Å². The maximum Gasteiger partial charge on any atom is 0.413 e. The molecule has 0 heterocycles. The van der Waals surface area contributed by atoms with Crippen LogP contribution < -0.4 is 16.0 Å². The van der Waals surface area contributed by atoms with Crippen LogP contribution in [0.5, 0.6) is 0 Å². The lowest BCUT2D eigenvalue weighted by Gasteiger charge is -2.21. The summed E-state index contributed by atoms with van der Waals surface area (Å²) in [4.78, 5) is 53.7. The number of nitrogens with one attached hydrogen (secondary N) is 3. The number of alkyl carbamates (subject to hydrolysis) is 2. The van der Waals surface area contributed by atoms with Crippen LogP contribution in [0.15, 0.2) is 53.5 Å². The molecule has 184 valence electrons. The first-order chi connectivity index (χ1) is 16.9. The van der Waals surface area contributed by atoms with E-state index in [9.17, 15) is 19.2 Å². The van der Waals surface area contributed by atoms with Crippen LogP contribution in [-0.2, 0) is 14.3 Å². The van der Waals surface area contributed by atoms with Crippen molar-refractivity contribution in [2.75, 3.05) is 19.5 Å². The van der Waals surface area contributed by atoms with Gasteiger partial charge in [-0.25, -0.2) is 14.6 Å². The van der Waals surface area contributed by atoms with Gasteiger partial charge in [0.25, 0.3) is 0 Å². The number of hydrogen-bond acceptors (Lipinski definition) is 7. The van der Waals surface area contributed by atoms with Crippen molar-refractivity contribution in [3.63, 3.8) is 0 Å². The third-order valence-corrected chi connectivity index (χ3v) is 5.57. The summed E-state index contributed by atoms with van der Waals surface area (Å²) in [6.45, 7) is 0. The van der Waals surface area contributed by atoms with Gasteiger partial charge in [-0.3, -0.25) is 20.2 Å². The van der Waals surface area contributed by atoms with Crippen molar-refractivity contribution < 1.29 is 28.7 Å². The zero-order valence-electron chi connectivity index (χ0n) is 19.6. The predicted molar refractivity (Wildman–Crippen MR) is 130 cm³/mol. The van der Waals surface area contributed by atoms with Crippen LogP contribution >= 0.6 is 0 Å². The number of ether oxygens (including phenoxy) is 2. The lowest BCUT2D eigenvalue weighted by molar-refractivity contribution is -0.120. The SMILES string of the molecule is COC(=O)NC(=Nc1cc(C(=O)c2ccccc2)ccc1NC(=O)C1CCCCC1)NC(=O)OC. The molecule has 0 saturated heterocycles. The van der Waals surface area contributed by atoms with Gasteiger partial charge in [-0.05, 0) is 31.0 Å². The molecule has 0 aliphatic heterocycles. The topological polar surface area (TPSA) is 135 Å². The molecule has 0 unspecified atom stereocenters. The average molecular weight is 481 g/mol. The Morgan fingerprint density at radius 1 is 0.829 bits per heavy atom. The van der Waals surface area contributed by atoms with E-state index in [1.165, 1.54) is 6.07 Å². The largest absolute Gasteiger partial charge is 0.453 e. The van der Waals surface area contributed by atoms with Crippen molar-refractivity contribution in [3.8, 4) is 0 Å². The quantitative estimate of drug-likeness (QED) is 0.334. The van der Waals surface area contributed by atoms with Crippen LogP contribution in [0.25, 0.3) is 0 Å². The lowest BCUT2D eigenvalue weighted by Crippen LogP contribution is -2.43. The number of carbonyl (C=O) groups is 4. The van der Waals surface area contributed by atoms with Crippen molar-refractivity contribution in [2.24, 2.45) is 10.9 Å². The standard InChI is InChI=1S/C25H28N4O6/c1-34-24(32)28-23(29-25(33)35-2)27-20-15-18(21(30)16-9-5-3-6-10-16)13-14-19(20)26-22(31)17-11-7-4-8-12-17/h3,5-6,9-10,13-15,17H,4,7-8,11-12H2,1-2H3,(H,26,31)(H2,27,28,29,32,33). The summed E-state index contributed by atoms with van der Waals surface area (Å²) in [7, 11) is 2.31. The number of aliphatic imine (C=N–C) groups is 1. The van der Waals surface area contributed by atoms with Gasteiger partial charge in [-0.2, -0.15) is 0 Å². The first-order valence-corrected chi connectivity index (χ1v) is 11.2. The fourth-order valence-electron chi connectivity index (χ4n) is 3.73. The summed E-state index contributed by atoms with van der Waals surface area (Å²) in [5, 5.41) is 7.45. The molecule has 2 aromatic rings. The van der Waals surface area contributed by atoms with Gasteiger partial charge in [0.05, 0.1) is 25.6 Å². The molecule has 10 nitrogen and oxygen atoms in total. The van der Waals surface area contributed by atoms with Gasteiger partial charge in [0.2, 0.25) is 11.9 Å². The Morgan fingerprint density at radius 2 is 1.46 bits per heavy atom. The Labute approximate surface area is 203 Å². The molecule has 1 aliphatic rings. The van der Waals surface area contributed by atoms with Crippen LogP contribution in [0.1, 0.15) is 48.0 Å². The molecule has 3 rings (SSSR count). The molecule has 3 N–H and O–H groups in total.